The van der Waals surface area contributed by atoms with Crippen molar-refractivity contribution in [2.75, 3.05) is 5.75 Å². The summed E-state index contributed by atoms with van der Waals surface area (Å²) in [5, 5.41) is 0. The molecule has 0 saturated heterocycles. The van der Waals surface area contributed by atoms with Crippen molar-refractivity contribution in [3.8, 4) is 33.6 Å². The zero-order valence-corrected chi connectivity index (χ0v) is 17.5. The van der Waals surface area contributed by atoms with Gasteiger partial charge in [0.25, 0.3) is 0 Å². The number of rotatable bonds is 3. The third-order valence-corrected chi connectivity index (χ3v) is 7.54. The van der Waals surface area contributed by atoms with Crippen LogP contribution in [0.5, 0.6) is 0 Å². The summed E-state index contributed by atoms with van der Waals surface area (Å²) in [5.41, 5.74) is 4.10. The first-order valence-electron chi connectivity index (χ1n) is 9.98. The number of aromatic nitrogens is 2. The summed E-state index contributed by atoms with van der Waals surface area (Å²) in [6.07, 6.45) is 4.41. The lowest BCUT2D eigenvalue weighted by molar-refractivity contribution is 0.447. The van der Waals surface area contributed by atoms with Crippen LogP contribution in [0, 0.1) is 17.5 Å². The Morgan fingerprint density at radius 2 is 1.56 bits per heavy atom. The number of nitrogens with one attached hydrogen (secondary N) is 1. The van der Waals surface area contributed by atoms with Crippen molar-refractivity contribution in [3.63, 3.8) is 0 Å². The predicted molar refractivity (Wildman–Crippen MR) is 115 cm³/mol. The first-order valence-corrected chi connectivity index (χ1v) is 11.6. The summed E-state index contributed by atoms with van der Waals surface area (Å²) in [6, 6.07) is 12.4. The second kappa shape index (κ2) is 7.63. The van der Waals surface area contributed by atoms with Crippen molar-refractivity contribution in [1.82, 2.24) is 9.97 Å². The summed E-state index contributed by atoms with van der Waals surface area (Å²) < 4.78 is 66.1. The fourth-order valence-corrected chi connectivity index (χ4v) is 5.69. The van der Waals surface area contributed by atoms with Crippen molar-refractivity contribution >= 4 is 9.84 Å². The van der Waals surface area contributed by atoms with Crippen molar-refractivity contribution in [2.24, 2.45) is 0 Å². The second-order valence-corrected chi connectivity index (χ2v) is 9.78. The standard InChI is InChI=1S/C24H17F3N2O2S/c25-19-11-17(12-20(26)23(19)27)24-18(14-5-7-28-8-6-14)13-21(29-24)15-3-4-22-16(10-15)2-1-9-32(22,30)31/h3-8,10-13,29H,1-2,9H2. The Morgan fingerprint density at radius 1 is 0.844 bits per heavy atom. The molecule has 0 spiro atoms. The van der Waals surface area contributed by atoms with Crippen LogP contribution >= 0.6 is 0 Å². The first-order chi connectivity index (χ1) is 15.3. The lowest BCUT2D eigenvalue weighted by atomic mass is 10.0. The normalized spacial score (nSPS) is 14.8. The van der Waals surface area contributed by atoms with Crippen LogP contribution in [0.1, 0.15) is 12.0 Å². The maximum atomic E-state index is 14.0. The number of nitrogens with zero attached hydrogens (tertiary/aromatic N) is 1. The zero-order valence-electron chi connectivity index (χ0n) is 16.7. The molecule has 162 valence electrons. The number of hydrogen-bond donors (Lipinski definition) is 1. The predicted octanol–water partition coefficient (Wildman–Crippen LogP) is 5.55. The molecule has 2 aromatic carbocycles. The van der Waals surface area contributed by atoms with Gasteiger partial charge < -0.3 is 4.98 Å². The number of halogens is 3. The van der Waals surface area contributed by atoms with E-state index in [1.165, 1.54) is 0 Å². The molecule has 4 nitrogen and oxygen atoms in total. The van der Waals surface area contributed by atoms with Crippen molar-refractivity contribution < 1.29 is 21.6 Å². The average Bonchev–Trinajstić information content (AvgIpc) is 3.23. The summed E-state index contributed by atoms with van der Waals surface area (Å²) in [4.78, 5) is 7.54. The second-order valence-electron chi connectivity index (χ2n) is 7.71. The largest absolute Gasteiger partial charge is 0.354 e. The molecule has 3 heterocycles. The highest BCUT2D eigenvalue weighted by atomic mass is 32.2. The van der Waals surface area contributed by atoms with Gasteiger partial charge >= 0.3 is 0 Å². The minimum Gasteiger partial charge on any atom is -0.354 e. The molecule has 0 saturated carbocycles. The fourth-order valence-electron chi connectivity index (χ4n) is 4.11. The molecule has 4 aromatic rings. The zero-order chi connectivity index (χ0) is 22.5. The molecule has 32 heavy (non-hydrogen) atoms. The van der Waals surface area contributed by atoms with Gasteiger partial charge in [-0.15, -0.1) is 0 Å². The molecular weight excluding hydrogens is 437 g/mol. The van der Waals surface area contributed by atoms with Crippen LogP contribution in [-0.4, -0.2) is 24.1 Å². The number of hydrogen-bond acceptors (Lipinski definition) is 3. The van der Waals surface area contributed by atoms with Crippen LogP contribution in [0.15, 0.2) is 65.8 Å². The highest BCUT2D eigenvalue weighted by molar-refractivity contribution is 7.91. The van der Waals surface area contributed by atoms with E-state index in [9.17, 15) is 21.6 Å². The number of aryl methyl sites for hydroxylation is 1. The molecule has 0 fully saturated rings. The van der Waals surface area contributed by atoms with Gasteiger partial charge in [-0.25, -0.2) is 21.6 Å². The number of sulfone groups is 1. The summed E-state index contributed by atoms with van der Waals surface area (Å²) in [7, 11) is -3.28. The number of pyridine rings is 1. The van der Waals surface area contributed by atoms with Crippen LogP contribution in [-0.2, 0) is 16.3 Å². The molecule has 0 bridgehead atoms. The Balaban J connectivity index is 1.69. The lowest BCUT2D eigenvalue weighted by Gasteiger charge is -2.16. The van der Waals surface area contributed by atoms with Crippen LogP contribution in [0.4, 0.5) is 13.2 Å². The van der Waals surface area contributed by atoms with Gasteiger partial charge in [-0.1, -0.05) is 6.07 Å². The molecule has 0 radical (unpaired) electrons. The lowest BCUT2D eigenvalue weighted by Crippen LogP contribution is -2.15. The van der Waals surface area contributed by atoms with E-state index in [1.54, 1.807) is 36.7 Å². The molecule has 5 rings (SSSR count). The molecule has 8 heteroatoms. The van der Waals surface area contributed by atoms with E-state index in [4.69, 9.17) is 0 Å². The third kappa shape index (κ3) is 3.50. The molecule has 1 N–H and O–H groups in total. The molecule has 0 amide bonds. The van der Waals surface area contributed by atoms with Crippen LogP contribution in [0.3, 0.4) is 0 Å². The van der Waals surface area contributed by atoms with Gasteiger partial charge in [0, 0.05) is 29.2 Å². The molecule has 0 unspecified atom stereocenters. The Kier molecular flexibility index (Phi) is 4.89. The van der Waals surface area contributed by atoms with Gasteiger partial charge in [-0.05, 0) is 72.0 Å². The highest BCUT2D eigenvalue weighted by Gasteiger charge is 2.24. The van der Waals surface area contributed by atoms with E-state index in [1.807, 2.05) is 12.1 Å². The van der Waals surface area contributed by atoms with E-state index in [0.717, 1.165) is 28.8 Å². The smallest absolute Gasteiger partial charge is 0.194 e. The van der Waals surface area contributed by atoms with Gasteiger partial charge in [0.1, 0.15) is 0 Å². The van der Waals surface area contributed by atoms with Crippen molar-refractivity contribution in [2.45, 2.75) is 17.7 Å². The Hall–Kier alpha value is -3.39. The van der Waals surface area contributed by atoms with Crippen LogP contribution in [0.2, 0.25) is 0 Å². The van der Waals surface area contributed by atoms with E-state index >= 15 is 0 Å². The minimum absolute atomic E-state index is 0.139. The average molecular weight is 454 g/mol. The van der Waals surface area contributed by atoms with Crippen LogP contribution in [0.25, 0.3) is 33.6 Å². The Labute approximate surface area is 182 Å². The molecule has 1 aliphatic rings. The first kappa shape index (κ1) is 20.5. The fraction of sp³-hybridized carbons (Fsp3) is 0.125. The van der Waals surface area contributed by atoms with Crippen molar-refractivity contribution in [3.05, 3.63) is 83.9 Å². The Bertz CT molecular complexity index is 1420. The third-order valence-electron chi connectivity index (χ3n) is 5.65. The monoisotopic (exact) mass is 454 g/mol. The molecule has 2 aromatic heterocycles. The van der Waals surface area contributed by atoms with Gasteiger partial charge in [0.15, 0.2) is 27.3 Å². The molecule has 1 aliphatic heterocycles. The van der Waals surface area contributed by atoms with Gasteiger partial charge in [0.05, 0.1) is 16.3 Å². The number of H-pyrrole nitrogens is 1. The Morgan fingerprint density at radius 3 is 2.28 bits per heavy atom. The minimum atomic E-state index is -3.28. The van der Waals surface area contributed by atoms with Crippen molar-refractivity contribution in [1.29, 1.82) is 0 Å². The highest BCUT2D eigenvalue weighted by Crippen LogP contribution is 2.38. The summed E-state index contributed by atoms with van der Waals surface area (Å²) in [6.45, 7) is 0. The maximum absolute atomic E-state index is 14.0. The van der Waals surface area contributed by atoms with E-state index < -0.39 is 27.3 Å². The summed E-state index contributed by atoms with van der Waals surface area (Å²) in [5.74, 6) is -3.95. The quantitative estimate of drug-likeness (QED) is 0.413. The number of aromatic amines is 1. The van der Waals surface area contributed by atoms with E-state index in [0.29, 0.717) is 34.7 Å². The van der Waals surface area contributed by atoms with Gasteiger partial charge in [-0.2, -0.15) is 0 Å². The molecule has 0 atom stereocenters. The van der Waals surface area contributed by atoms with Crippen LogP contribution < -0.4 is 0 Å². The number of fused-ring (bicyclic) bond motifs is 1. The maximum Gasteiger partial charge on any atom is 0.194 e. The molecular formula is C24H17F3N2O2S. The topological polar surface area (TPSA) is 62.8 Å². The summed E-state index contributed by atoms with van der Waals surface area (Å²) >= 11 is 0. The van der Waals surface area contributed by atoms with Gasteiger partial charge in [0.2, 0.25) is 0 Å². The van der Waals surface area contributed by atoms with Gasteiger partial charge in [-0.3, -0.25) is 4.98 Å². The molecule has 0 aliphatic carbocycles. The number of benzene rings is 2. The van der Waals surface area contributed by atoms with E-state index in [-0.39, 0.29) is 11.3 Å². The van der Waals surface area contributed by atoms with E-state index in [2.05, 4.69) is 9.97 Å². The SMILES string of the molecule is O=S1(=O)CCCc2cc(-c3cc(-c4ccncc4)c(-c4cc(F)c(F)c(F)c4)[nH]3)ccc21.